The lowest BCUT2D eigenvalue weighted by Gasteiger charge is -2.14. The van der Waals surface area contributed by atoms with E-state index in [9.17, 15) is 0 Å². The Labute approximate surface area is 95.5 Å². The van der Waals surface area contributed by atoms with E-state index in [0.717, 1.165) is 28.5 Å². The summed E-state index contributed by atoms with van der Waals surface area (Å²) in [5, 5.41) is 1.54. The monoisotopic (exact) mass is 228 g/mol. The van der Waals surface area contributed by atoms with Crippen molar-refractivity contribution < 1.29 is 0 Å². The van der Waals surface area contributed by atoms with E-state index in [4.69, 9.17) is 23.2 Å². The molecule has 1 aromatic rings. The summed E-state index contributed by atoms with van der Waals surface area (Å²) in [7, 11) is 0. The molecule has 0 spiro atoms. The van der Waals surface area contributed by atoms with Gasteiger partial charge in [-0.15, -0.1) is 6.58 Å². The molecule has 1 unspecified atom stereocenters. The fourth-order valence-electron chi connectivity index (χ4n) is 1.54. The maximum Gasteiger partial charge on any atom is 0.0441 e. The number of halogens is 2. The molecule has 0 aliphatic carbocycles. The third-order valence-electron chi connectivity index (χ3n) is 2.34. The Morgan fingerprint density at radius 2 is 2.14 bits per heavy atom. The van der Waals surface area contributed by atoms with Gasteiger partial charge >= 0.3 is 0 Å². The molecule has 0 amide bonds. The highest BCUT2D eigenvalue weighted by Crippen LogP contribution is 2.31. The van der Waals surface area contributed by atoms with Crippen LogP contribution in [0, 0.1) is 0 Å². The molecule has 2 heteroatoms. The van der Waals surface area contributed by atoms with Crippen molar-refractivity contribution in [2.24, 2.45) is 0 Å². The number of benzene rings is 1. The summed E-state index contributed by atoms with van der Waals surface area (Å²) < 4.78 is 0. The maximum absolute atomic E-state index is 6.11. The lowest BCUT2D eigenvalue weighted by Crippen LogP contribution is -1.96. The van der Waals surface area contributed by atoms with Gasteiger partial charge in [-0.3, -0.25) is 0 Å². The topological polar surface area (TPSA) is 0 Å². The van der Waals surface area contributed by atoms with Gasteiger partial charge < -0.3 is 0 Å². The quantitative estimate of drug-likeness (QED) is 0.632. The highest BCUT2D eigenvalue weighted by atomic mass is 35.5. The van der Waals surface area contributed by atoms with Crippen molar-refractivity contribution in [2.75, 3.05) is 0 Å². The van der Waals surface area contributed by atoms with Crippen molar-refractivity contribution >= 4 is 23.2 Å². The van der Waals surface area contributed by atoms with Gasteiger partial charge in [-0.05, 0) is 42.5 Å². The minimum atomic E-state index is 0.429. The molecule has 14 heavy (non-hydrogen) atoms. The van der Waals surface area contributed by atoms with Gasteiger partial charge in [-0.25, -0.2) is 0 Å². The molecule has 0 saturated heterocycles. The highest BCUT2D eigenvalue weighted by Gasteiger charge is 2.11. The zero-order chi connectivity index (χ0) is 10.6. The largest absolute Gasteiger partial charge is 0.103 e. The van der Waals surface area contributed by atoms with Crippen molar-refractivity contribution in [1.82, 2.24) is 0 Å². The molecule has 0 fully saturated rings. The number of hydrogen-bond acceptors (Lipinski definition) is 0. The second-order valence-electron chi connectivity index (χ2n) is 3.30. The number of hydrogen-bond donors (Lipinski definition) is 0. The van der Waals surface area contributed by atoms with Crippen LogP contribution in [0.15, 0.2) is 30.9 Å². The summed E-state index contributed by atoms with van der Waals surface area (Å²) in [5.74, 6) is 0.429. The Hall–Kier alpha value is -0.460. The van der Waals surface area contributed by atoms with Gasteiger partial charge in [-0.2, -0.15) is 0 Å². The Kier molecular flexibility index (Phi) is 4.50. The van der Waals surface area contributed by atoms with E-state index in [2.05, 4.69) is 13.5 Å². The van der Waals surface area contributed by atoms with Crippen molar-refractivity contribution in [2.45, 2.75) is 25.7 Å². The first-order valence-corrected chi connectivity index (χ1v) is 5.50. The van der Waals surface area contributed by atoms with E-state index in [0.29, 0.717) is 5.92 Å². The van der Waals surface area contributed by atoms with Crippen LogP contribution in [0.4, 0.5) is 0 Å². The zero-order valence-corrected chi connectivity index (χ0v) is 9.78. The number of rotatable bonds is 4. The Bertz CT molecular complexity index is 318. The van der Waals surface area contributed by atoms with Crippen molar-refractivity contribution in [1.29, 1.82) is 0 Å². The fourth-order valence-corrected chi connectivity index (χ4v) is 1.99. The molecule has 0 heterocycles. The van der Waals surface area contributed by atoms with Gasteiger partial charge in [0.1, 0.15) is 0 Å². The number of allylic oxidation sites excluding steroid dienone is 1. The van der Waals surface area contributed by atoms with Gasteiger partial charge in [0.05, 0.1) is 0 Å². The summed E-state index contributed by atoms with van der Waals surface area (Å²) in [6, 6.07) is 5.61. The third kappa shape index (κ3) is 2.76. The zero-order valence-electron chi connectivity index (χ0n) is 8.26. The van der Waals surface area contributed by atoms with Crippen LogP contribution in [0.2, 0.25) is 10.0 Å². The van der Waals surface area contributed by atoms with Crippen LogP contribution < -0.4 is 0 Å². The molecular weight excluding hydrogens is 215 g/mol. The second-order valence-corrected chi connectivity index (χ2v) is 4.14. The van der Waals surface area contributed by atoms with Gasteiger partial charge in [0.25, 0.3) is 0 Å². The predicted molar refractivity (Wildman–Crippen MR) is 64.3 cm³/mol. The molecule has 0 nitrogen and oxygen atoms in total. The summed E-state index contributed by atoms with van der Waals surface area (Å²) in [4.78, 5) is 0. The lowest BCUT2D eigenvalue weighted by atomic mass is 9.93. The minimum absolute atomic E-state index is 0.429. The SMILES string of the molecule is C=CCC(CC)c1cc(Cl)ccc1Cl. The van der Waals surface area contributed by atoms with E-state index in [-0.39, 0.29) is 0 Å². The molecule has 0 aromatic heterocycles. The lowest BCUT2D eigenvalue weighted by molar-refractivity contribution is 0.675. The molecule has 0 aliphatic heterocycles. The van der Waals surface area contributed by atoms with Gasteiger partial charge in [0.15, 0.2) is 0 Å². The molecule has 0 N–H and O–H groups in total. The van der Waals surface area contributed by atoms with E-state index < -0.39 is 0 Å². The second kappa shape index (κ2) is 5.43. The van der Waals surface area contributed by atoms with Crippen LogP contribution in [0.3, 0.4) is 0 Å². The summed E-state index contributed by atoms with van der Waals surface area (Å²) in [6.07, 6.45) is 3.91. The van der Waals surface area contributed by atoms with Crippen LogP contribution in [0.5, 0.6) is 0 Å². The molecule has 1 rings (SSSR count). The maximum atomic E-state index is 6.11. The van der Waals surface area contributed by atoms with Gasteiger partial charge in [-0.1, -0.05) is 36.2 Å². The van der Waals surface area contributed by atoms with Gasteiger partial charge in [0.2, 0.25) is 0 Å². The highest BCUT2D eigenvalue weighted by molar-refractivity contribution is 6.33. The van der Waals surface area contributed by atoms with Gasteiger partial charge in [0, 0.05) is 10.0 Å². The normalized spacial score (nSPS) is 12.5. The van der Waals surface area contributed by atoms with E-state index >= 15 is 0 Å². The van der Waals surface area contributed by atoms with Crippen LogP contribution in [-0.2, 0) is 0 Å². The smallest absolute Gasteiger partial charge is 0.0441 e. The summed E-state index contributed by atoms with van der Waals surface area (Å²) >= 11 is 12.0. The van der Waals surface area contributed by atoms with Crippen LogP contribution in [-0.4, -0.2) is 0 Å². The summed E-state index contributed by atoms with van der Waals surface area (Å²) in [6.45, 7) is 5.89. The molecule has 0 radical (unpaired) electrons. The molecule has 0 saturated carbocycles. The first-order valence-electron chi connectivity index (χ1n) is 4.74. The fraction of sp³-hybridized carbons (Fsp3) is 0.333. The van der Waals surface area contributed by atoms with Crippen molar-refractivity contribution in [3.05, 3.63) is 46.5 Å². The molecule has 1 aromatic carbocycles. The molecule has 76 valence electrons. The molecule has 0 bridgehead atoms. The van der Waals surface area contributed by atoms with Crippen LogP contribution in [0.25, 0.3) is 0 Å². The standard InChI is InChI=1S/C12H14Cl2/c1-3-5-9(4-2)11-8-10(13)6-7-12(11)14/h3,6-9H,1,4-5H2,2H3. The van der Waals surface area contributed by atoms with E-state index in [1.165, 1.54) is 0 Å². The van der Waals surface area contributed by atoms with Crippen LogP contribution in [0.1, 0.15) is 31.2 Å². The average Bonchev–Trinajstić information content (AvgIpc) is 2.18. The Morgan fingerprint density at radius 1 is 1.43 bits per heavy atom. The molecular formula is C12H14Cl2. The van der Waals surface area contributed by atoms with E-state index in [1.54, 1.807) is 0 Å². The van der Waals surface area contributed by atoms with E-state index in [1.807, 2.05) is 24.3 Å². The van der Waals surface area contributed by atoms with Crippen molar-refractivity contribution in [3.63, 3.8) is 0 Å². The molecule has 0 aliphatic rings. The summed E-state index contributed by atoms with van der Waals surface area (Å²) in [5.41, 5.74) is 1.13. The molecule has 1 atom stereocenters. The predicted octanol–water partition coefficient (Wildman–Crippen LogP) is 5.06. The average molecular weight is 229 g/mol. The first-order chi connectivity index (χ1) is 6.69. The Morgan fingerprint density at radius 3 is 2.71 bits per heavy atom. The Balaban J connectivity index is 3.01. The van der Waals surface area contributed by atoms with Crippen molar-refractivity contribution in [3.8, 4) is 0 Å². The minimum Gasteiger partial charge on any atom is -0.103 e. The first kappa shape index (κ1) is 11.6. The van der Waals surface area contributed by atoms with Crippen LogP contribution >= 0.6 is 23.2 Å². The third-order valence-corrected chi connectivity index (χ3v) is 2.92.